The highest BCUT2D eigenvalue weighted by atomic mass is 35.5. The van der Waals surface area contributed by atoms with Gasteiger partial charge in [0.05, 0.1) is 9.90 Å². The molecule has 2 nitrogen and oxygen atoms in total. The number of hydrogen-bond donors (Lipinski definition) is 0. The molecule has 0 amide bonds. The van der Waals surface area contributed by atoms with Crippen LogP contribution in [0.2, 0.25) is 5.02 Å². The Balaban J connectivity index is 2.42. The summed E-state index contributed by atoms with van der Waals surface area (Å²) in [5.41, 5.74) is 0.712. The van der Waals surface area contributed by atoms with Gasteiger partial charge < -0.3 is 0 Å². The number of benzene rings is 1. The first kappa shape index (κ1) is 11.2. The summed E-state index contributed by atoms with van der Waals surface area (Å²) in [5.74, 6) is -0.495. The Morgan fingerprint density at radius 1 is 1.50 bits per heavy atom. The number of ketones is 1. The Morgan fingerprint density at radius 2 is 2.25 bits per heavy atom. The molecule has 0 fully saturated rings. The molecule has 0 aliphatic rings. The quantitative estimate of drug-likeness (QED) is 0.764. The van der Waals surface area contributed by atoms with Crippen LogP contribution >= 0.6 is 22.9 Å². The van der Waals surface area contributed by atoms with Crippen molar-refractivity contribution in [2.24, 2.45) is 0 Å². The largest absolute Gasteiger partial charge is 0.294 e. The fourth-order valence-electron chi connectivity index (χ4n) is 1.20. The Hall–Kier alpha value is -1.26. The van der Waals surface area contributed by atoms with Gasteiger partial charge in [-0.15, -0.1) is 11.3 Å². The monoisotopic (exact) mass is 255 g/mol. The number of nitrogens with zero attached hydrogens (tertiary/aromatic N) is 1. The van der Waals surface area contributed by atoms with Gasteiger partial charge in [-0.3, -0.25) is 4.79 Å². The Labute approximate surface area is 101 Å². The predicted molar refractivity (Wildman–Crippen MR) is 62.5 cm³/mol. The van der Waals surface area contributed by atoms with Crippen LogP contribution in [-0.2, 0) is 0 Å². The van der Waals surface area contributed by atoms with Crippen LogP contribution in [0.15, 0.2) is 24.4 Å². The second-order valence-electron chi connectivity index (χ2n) is 3.21. The van der Waals surface area contributed by atoms with Gasteiger partial charge in [-0.2, -0.15) is 0 Å². The van der Waals surface area contributed by atoms with Gasteiger partial charge in [0, 0.05) is 18.7 Å². The second kappa shape index (κ2) is 4.31. The minimum absolute atomic E-state index is 0.0306. The minimum Gasteiger partial charge on any atom is -0.294 e. The lowest BCUT2D eigenvalue weighted by Gasteiger charge is -1.97. The van der Waals surface area contributed by atoms with Crippen molar-refractivity contribution in [3.05, 3.63) is 40.1 Å². The van der Waals surface area contributed by atoms with Crippen molar-refractivity contribution < 1.29 is 9.18 Å². The van der Waals surface area contributed by atoms with Crippen LogP contribution in [0.4, 0.5) is 4.39 Å². The van der Waals surface area contributed by atoms with E-state index >= 15 is 0 Å². The summed E-state index contributed by atoms with van der Waals surface area (Å²) in [6.45, 7) is 1.48. The third kappa shape index (κ3) is 2.13. The van der Waals surface area contributed by atoms with Gasteiger partial charge in [-0.1, -0.05) is 11.6 Å². The van der Waals surface area contributed by atoms with Crippen molar-refractivity contribution in [1.29, 1.82) is 0 Å². The number of Topliss-reactive ketones (excluding diaryl/α,β-unsaturated/α-hetero) is 1. The Bertz CT molecular complexity index is 553. The molecular formula is C11H7ClFNOS. The van der Waals surface area contributed by atoms with Crippen LogP contribution in [0.3, 0.4) is 0 Å². The lowest BCUT2D eigenvalue weighted by atomic mass is 10.2. The number of thiazole rings is 1. The number of hydrogen-bond acceptors (Lipinski definition) is 3. The number of carbonyl (C=O) groups is 1. The summed E-state index contributed by atoms with van der Waals surface area (Å²) in [6.07, 6.45) is 1.51. The molecule has 2 rings (SSSR count). The van der Waals surface area contributed by atoms with Crippen LogP contribution in [0, 0.1) is 5.82 Å². The summed E-state index contributed by atoms with van der Waals surface area (Å²) in [5, 5.41) is 0.712. The first-order valence-electron chi connectivity index (χ1n) is 4.50. The van der Waals surface area contributed by atoms with Gasteiger partial charge >= 0.3 is 0 Å². The van der Waals surface area contributed by atoms with Crippen molar-refractivity contribution in [3.63, 3.8) is 0 Å². The molecule has 1 aromatic heterocycles. The molecule has 0 atom stereocenters. The molecule has 0 saturated carbocycles. The number of halogens is 2. The molecule has 0 saturated heterocycles. The van der Waals surface area contributed by atoms with Gasteiger partial charge in [0.2, 0.25) is 0 Å². The number of carbonyl (C=O) groups excluding carboxylic acids is 1. The maximum atomic E-state index is 12.9. The van der Waals surface area contributed by atoms with Crippen molar-refractivity contribution in [2.75, 3.05) is 0 Å². The smallest absolute Gasteiger partial charge is 0.171 e. The first-order chi connectivity index (χ1) is 7.58. The average Bonchev–Trinajstić information content (AvgIpc) is 2.71. The van der Waals surface area contributed by atoms with Crippen molar-refractivity contribution in [1.82, 2.24) is 4.98 Å². The number of rotatable bonds is 2. The van der Waals surface area contributed by atoms with Crippen LogP contribution in [0.25, 0.3) is 10.6 Å². The minimum atomic E-state index is -0.464. The lowest BCUT2D eigenvalue weighted by Crippen LogP contribution is -1.83. The highest BCUT2D eigenvalue weighted by molar-refractivity contribution is 7.16. The molecule has 16 heavy (non-hydrogen) atoms. The summed E-state index contributed by atoms with van der Waals surface area (Å²) in [4.78, 5) is 15.8. The summed E-state index contributed by atoms with van der Waals surface area (Å²) < 4.78 is 12.9. The van der Waals surface area contributed by atoms with Gasteiger partial charge in [0.1, 0.15) is 10.8 Å². The van der Waals surface area contributed by atoms with Crippen LogP contribution in [0.1, 0.15) is 16.6 Å². The summed E-state index contributed by atoms with van der Waals surface area (Å²) >= 11 is 6.93. The van der Waals surface area contributed by atoms with E-state index < -0.39 is 5.82 Å². The van der Waals surface area contributed by atoms with E-state index in [1.54, 1.807) is 6.07 Å². The van der Waals surface area contributed by atoms with Gasteiger partial charge in [-0.05, 0) is 18.2 Å². The fourth-order valence-corrected chi connectivity index (χ4v) is 2.19. The van der Waals surface area contributed by atoms with Crippen LogP contribution in [-0.4, -0.2) is 10.8 Å². The zero-order chi connectivity index (χ0) is 11.7. The first-order valence-corrected chi connectivity index (χ1v) is 5.69. The van der Waals surface area contributed by atoms with E-state index in [1.165, 1.54) is 36.6 Å². The predicted octanol–water partition coefficient (Wildman–Crippen LogP) is 3.81. The normalized spacial score (nSPS) is 10.4. The van der Waals surface area contributed by atoms with E-state index in [2.05, 4.69) is 4.98 Å². The molecule has 1 heterocycles. The van der Waals surface area contributed by atoms with Gasteiger partial charge in [-0.25, -0.2) is 9.37 Å². The third-order valence-electron chi connectivity index (χ3n) is 2.02. The maximum absolute atomic E-state index is 12.9. The highest BCUT2D eigenvalue weighted by Gasteiger charge is 2.09. The molecule has 0 aliphatic carbocycles. The molecule has 0 bridgehead atoms. The molecule has 2 aromatic rings. The highest BCUT2D eigenvalue weighted by Crippen LogP contribution is 2.28. The SMILES string of the molecule is CC(=O)c1cnc(-c2ccc(F)c(Cl)c2)s1. The van der Waals surface area contributed by atoms with E-state index in [4.69, 9.17) is 11.6 Å². The van der Waals surface area contributed by atoms with Crippen molar-refractivity contribution in [2.45, 2.75) is 6.92 Å². The van der Waals surface area contributed by atoms with Crippen molar-refractivity contribution in [3.8, 4) is 10.6 Å². The molecule has 0 unspecified atom stereocenters. The Morgan fingerprint density at radius 3 is 2.81 bits per heavy atom. The third-order valence-corrected chi connectivity index (χ3v) is 3.46. The van der Waals surface area contributed by atoms with Crippen LogP contribution < -0.4 is 0 Å². The molecule has 0 aliphatic heterocycles. The van der Waals surface area contributed by atoms with E-state index in [1.807, 2.05) is 0 Å². The van der Waals surface area contributed by atoms with E-state index in [0.717, 1.165) is 0 Å². The van der Waals surface area contributed by atoms with Crippen molar-refractivity contribution >= 4 is 28.7 Å². The molecule has 1 aromatic carbocycles. The molecule has 82 valence electrons. The van der Waals surface area contributed by atoms with Gasteiger partial charge in [0.25, 0.3) is 0 Å². The molecule has 5 heteroatoms. The molecular weight excluding hydrogens is 249 g/mol. The fraction of sp³-hybridized carbons (Fsp3) is 0.0909. The molecule has 0 radical (unpaired) electrons. The van der Waals surface area contributed by atoms with E-state index in [9.17, 15) is 9.18 Å². The molecule has 0 spiro atoms. The van der Waals surface area contributed by atoms with E-state index in [0.29, 0.717) is 15.4 Å². The summed E-state index contributed by atoms with van der Waals surface area (Å²) in [6, 6.07) is 4.37. The van der Waals surface area contributed by atoms with Gasteiger partial charge in [0.15, 0.2) is 5.78 Å². The molecule has 0 N–H and O–H groups in total. The Kier molecular flexibility index (Phi) is 3.03. The maximum Gasteiger partial charge on any atom is 0.171 e. The lowest BCUT2D eigenvalue weighted by molar-refractivity contribution is 0.102. The second-order valence-corrected chi connectivity index (χ2v) is 4.65. The topological polar surface area (TPSA) is 30.0 Å². The average molecular weight is 256 g/mol. The van der Waals surface area contributed by atoms with Crippen LogP contribution in [0.5, 0.6) is 0 Å². The zero-order valence-electron chi connectivity index (χ0n) is 8.33. The van der Waals surface area contributed by atoms with E-state index in [-0.39, 0.29) is 10.8 Å². The zero-order valence-corrected chi connectivity index (χ0v) is 9.90. The standard InChI is InChI=1S/C11H7ClFNOS/c1-6(15)10-5-14-11(16-10)7-2-3-9(13)8(12)4-7/h2-5H,1H3. The summed E-state index contributed by atoms with van der Waals surface area (Å²) in [7, 11) is 0. The number of aromatic nitrogens is 1.